The van der Waals surface area contributed by atoms with Crippen LogP contribution in [0.5, 0.6) is 0 Å². The van der Waals surface area contributed by atoms with Crippen LogP contribution in [0.2, 0.25) is 0 Å². The number of nitrogens with zero attached hydrogens (tertiary/aromatic N) is 1. The van der Waals surface area contributed by atoms with E-state index < -0.39 is 17.9 Å². The van der Waals surface area contributed by atoms with E-state index in [0.717, 1.165) is 5.56 Å². The van der Waals surface area contributed by atoms with Gasteiger partial charge < -0.3 is 10.4 Å². The number of thioether (sulfide) groups is 1. The molecule has 1 atom stereocenters. The fourth-order valence-corrected chi connectivity index (χ4v) is 3.80. The van der Waals surface area contributed by atoms with Crippen LogP contribution >= 0.6 is 24.0 Å². The molecule has 2 amide bonds. The van der Waals surface area contributed by atoms with Crippen molar-refractivity contribution in [2.45, 2.75) is 32.2 Å². The molecule has 0 aliphatic carbocycles. The van der Waals surface area contributed by atoms with Crippen molar-refractivity contribution < 1.29 is 19.5 Å². The fourth-order valence-electron chi connectivity index (χ4n) is 2.54. The van der Waals surface area contributed by atoms with Crippen LogP contribution in [-0.4, -0.2) is 44.7 Å². The third-order valence-corrected chi connectivity index (χ3v) is 5.38. The first-order valence-electron chi connectivity index (χ1n) is 8.91. The van der Waals surface area contributed by atoms with E-state index >= 15 is 0 Å². The Hall–Kier alpha value is -2.45. The minimum atomic E-state index is -1.06. The minimum absolute atomic E-state index is 0.00688. The molecule has 2 rings (SSSR count). The van der Waals surface area contributed by atoms with E-state index in [-0.39, 0.29) is 18.9 Å². The van der Waals surface area contributed by atoms with Crippen LogP contribution in [0.3, 0.4) is 0 Å². The lowest BCUT2D eigenvalue weighted by atomic mass is 10.1. The van der Waals surface area contributed by atoms with Crippen molar-refractivity contribution in [3.8, 4) is 0 Å². The van der Waals surface area contributed by atoms with E-state index in [1.807, 2.05) is 43.3 Å². The summed E-state index contributed by atoms with van der Waals surface area (Å²) in [5.41, 5.74) is 1.02. The normalized spacial score (nSPS) is 16.8. The van der Waals surface area contributed by atoms with Crippen molar-refractivity contribution in [2.24, 2.45) is 0 Å². The SMILES string of the molecule is CCC[C@H](NC(=O)CCN1C(=O)/C(=C\C=C\c2ccccc2)SC1=S)C(=O)O. The minimum Gasteiger partial charge on any atom is -0.480 e. The molecule has 1 aliphatic heterocycles. The van der Waals surface area contributed by atoms with Crippen LogP contribution in [-0.2, 0) is 14.4 Å². The number of nitrogens with one attached hydrogen (secondary N) is 1. The van der Waals surface area contributed by atoms with Crippen LogP contribution in [0.15, 0.2) is 47.4 Å². The first-order valence-corrected chi connectivity index (χ1v) is 10.1. The number of benzene rings is 1. The monoisotopic (exact) mass is 418 g/mol. The lowest BCUT2D eigenvalue weighted by Gasteiger charge is -2.16. The van der Waals surface area contributed by atoms with Gasteiger partial charge in [0.2, 0.25) is 5.91 Å². The topological polar surface area (TPSA) is 86.7 Å². The van der Waals surface area contributed by atoms with Crippen molar-refractivity contribution in [1.29, 1.82) is 0 Å². The molecule has 148 valence electrons. The number of carboxylic acids is 1. The molecule has 1 fully saturated rings. The van der Waals surface area contributed by atoms with Gasteiger partial charge in [-0.1, -0.05) is 79.8 Å². The summed E-state index contributed by atoms with van der Waals surface area (Å²) < 4.78 is 0.389. The molecule has 2 N–H and O–H groups in total. The quantitative estimate of drug-likeness (QED) is 0.473. The number of rotatable bonds is 9. The number of amides is 2. The average molecular weight is 419 g/mol. The summed E-state index contributed by atoms with van der Waals surface area (Å²) in [4.78, 5) is 37.5. The van der Waals surface area contributed by atoms with Gasteiger partial charge in [0.25, 0.3) is 5.91 Å². The zero-order chi connectivity index (χ0) is 20.5. The second-order valence-electron chi connectivity index (χ2n) is 6.12. The first kappa shape index (κ1) is 21.8. The number of carboxylic acid groups (broad SMARTS) is 1. The first-order chi connectivity index (χ1) is 13.4. The van der Waals surface area contributed by atoms with Gasteiger partial charge in [0, 0.05) is 13.0 Å². The Morgan fingerprint density at radius 1 is 1.32 bits per heavy atom. The lowest BCUT2D eigenvalue weighted by Crippen LogP contribution is -2.42. The Morgan fingerprint density at radius 2 is 2.04 bits per heavy atom. The van der Waals surface area contributed by atoms with Crippen molar-refractivity contribution >= 4 is 52.2 Å². The maximum Gasteiger partial charge on any atom is 0.326 e. The number of carbonyl (C=O) groups is 3. The molecule has 0 bridgehead atoms. The molecule has 0 aromatic heterocycles. The summed E-state index contributed by atoms with van der Waals surface area (Å²) in [6.07, 6.45) is 6.38. The molecule has 6 nitrogen and oxygen atoms in total. The van der Waals surface area contributed by atoms with Gasteiger partial charge >= 0.3 is 5.97 Å². The third-order valence-electron chi connectivity index (χ3n) is 3.98. The van der Waals surface area contributed by atoms with Gasteiger partial charge in [-0.3, -0.25) is 14.5 Å². The largest absolute Gasteiger partial charge is 0.480 e. The van der Waals surface area contributed by atoms with Crippen LogP contribution in [0.4, 0.5) is 0 Å². The highest BCUT2D eigenvalue weighted by molar-refractivity contribution is 8.26. The molecule has 0 saturated carbocycles. The summed E-state index contributed by atoms with van der Waals surface area (Å²) in [5.74, 6) is -1.72. The lowest BCUT2D eigenvalue weighted by molar-refractivity contribution is -0.142. The van der Waals surface area contributed by atoms with Gasteiger partial charge in [0.15, 0.2) is 0 Å². The summed E-state index contributed by atoms with van der Waals surface area (Å²) in [7, 11) is 0. The molecule has 1 aliphatic rings. The van der Waals surface area contributed by atoms with Gasteiger partial charge in [0.05, 0.1) is 4.91 Å². The van der Waals surface area contributed by atoms with E-state index in [2.05, 4.69) is 5.32 Å². The van der Waals surface area contributed by atoms with Crippen LogP contribution in [0.1, 0.15) is 31.7 Å². The van der Waals surface area contributed by atoms with Crippen LogP contribution in [0.25, 0.3) is 6.08 Å². The standard InChI is InChI=1S/C20H22N2O4S2/c1-2-7-15(19(25)26)21-17(23)12-13-22-18(24)16(28-20(22)27)11-6-10-14-8-4-3-5-9-14/h3-6,8-11,15H,2,7,12-13H2,1H3,(H,21,23)(H,25,26)/b10-6+,16-11+/t15-/m0/s1. The highest BCUT2D eigenvalue weighted by Crippen LogP contribution is 2.31. The highest BCUT2D eigenvalue weighted by atomic mass is 32.2. The Kier molecular flexibility index (Phi) is 8.41. The summed E-state index contributed by atoms with van der Waals surface area (Å²) in [6.45, 7) is 1.97. The summed E-state index contributed by atoms with van der Waals surface area (Å²) >= 11 is 6.43. The molecule has 0 unspecified atom stereocenters. The van der Waals surface area contributed by atoms with Gasteiger partial charge in [-0.2, -0.15) is 0 Å². The van der Waals surface area contributed by atoms with E-state index in [0.29, 0.717) is 22.1 Å². The zero-order valence-corrected chi connectivity index (χ0v) is 17.1. The Balaban J connectivity index is 1.91. The maximum absolute atomic E-state index is 12.5. The number of allylic oxidation sites excluding steroid dienone is 2. The number of hydrogen-bond donors (Lipinski definition) is 2. The van der Waals surface area contributed by atoms with Gasteiger partial charge in [0.1, 0.15) is 10.4 Å². The molecule has 8 heteroatoms. The molecule has 28 heavy (non-hydrogen) atoms. The van der Waals surface area contributed by atoms with E-state index in [1.165, 1.54) is 16.7 Å². The predicted molar refractivity (Wildman–Crippen MR) is 115 cm³/mol. The second kappa shape index (κ2) is 10.8. The molecule has 0 radical (unpaired) electrons. The van der Waals surface area contributed by atoms with E-state index in [1.54, 1.807) is 12.2 Å². The fraction of sp³-hybridized carbons (Fsp3) is 0.300. The van der Waals surface area contributed by atoms with Crippen molar-refractivity contribution in [2.75, 3.05) is 6.54 Å². The predicted octanol–water partition coefficient (Wildman–Crippen LogP) is 3.20. The second-order valence-corrected chi connectivity index (χ2v) is 7.80. The van der Waals surface area contributed by atoms with Gasteiger partial charge in [-0.05, 0) is 18.1 Å². The average Bonchev–Trinajstić information content (AvgIpc) is 2.93. The zero-order valence-electron chi connectivity index (χ0n) is 15.5. The molecule has 1 aromatic rings. The van der Waals surface area contributed by atoms with Crippen LogP contribution < -0.4 is 5.32 Å². The molecule has 1 saturated heterocycles. The molecule has 0 spiro atoms. The number of carbonyl (C=O) groups excluding carboxylic acids is 2. The van der Waals surface area contributed by atoms with E-state index in [4.69, 9.17) is 17.3 Å². The van der Waals surface area contributed by atoms with Crippen molar-refractivity contribution in [3.05, 3.63) is 53.0 Å². The van der Waals surface area contributed by atoms with Gasteiger partial charge in [-0.25, -0.2) is 4.79 Å². The van der Waals surface area contributed by atoms with Gasteiger partial charge in [-0.15, -0.1) is 0 Å². The maximum atomic E-state index is 12.5. The summed E-state index contributed by atoms with van der Waals surface area (Å²) in [6, 6.07) is 8.79. The molecular weight excluding hydrogens is 396 g/mol. The molecule has 1 heterocycles. The number of aliphatic carboxylic acids is 1. The third kappa shape index (κ3) is 6.31. The number of thiocarbonyl (C=S) groups is 1. The Morgan fingerprint density at radius 3 is 2.68 bits per heavy atom. The van der Waals surface area contributed by atoms with Crippen LogP contribution in [0, 0.1) is 0 Å². The van der Waals surface area contributed by atoms with Crippen molar-refractivity contribution in [3.63, 3.8) is 0 Å². The summed E-state index contributed by atoms with van der Waals surface area (Å²) in [5, 5.41) is 11.6. The molecule has 1 aromatic carbocycles. The highest BCUT2D eigenvalue weighted by Gasteiger charge is 2.32. The van der Waals surface area contributed by atoms with Crippen molar-refractivity contribution in [1.82, 2.24) is 10.2 Å². The molecular formula is C20H22N2O4S2. The number of hydrogen-bond acceptors (Lipinski definition) is 5. The smallest absolute Gasteiger partial charge is 0.326 e. The Labute approximate surface area is 173 Å². The Bertz CT molecular complexity index is 806. The van der Waals surface area contributed by atoms with E-state index in [9.17, 15) is 14.4 Å².